The number of rotatable bonds is 19. The Morgan fingerprint density at radius 2 is 1.44 bits per heavy atom. The van der Waals surface area contributed by atoms with E-state index in [9.17, 15) is 14.4 Å². The van der Waals surface area contributed by atoms with Crippen molar-refractivity contribution in [3.63, 3.8) is 0 Å². The molecule has 1 saturated heterocycles. The molecular formula is C45H72N2O15. The predicted molar refractivity (Wildman–Crippen MR) is 231 cm³/mol. The van der Waals surface area contributed by atoms with Gasteiger partial charge < -0.3 is 61.7 Å². The van der Waals surface area contributed by atoms with E-state index in [1.54, 1.807) is 80.9 Å². The van der Waals surface area contributed by atoms with Crippen LogP contribution in [0.5, 0.6) is 5.75 Å². The molecule has 0 bridgehead atoms. The second-order valence-electron chi connectivity index (χ2n) is 17.4. The Morgan fingerprint density at radius 3 is 2.08 bits per heavy atom. The van der Waals surface area contributed by atoms with Crippen LogP contribution in [0.1, 0.15) is 91.6 Å². The molecule has 1 aromatic rings. The van der Waals surface area contributed by atoms with Gasteiger partial charge in [-0.1, -0.05) is 31.2 Å². The molecule has 0 saturated carbocycles. The first-order valence-electron chi connectivity index (χ1n) is 21.1. The lowest BCUT2D eigenvalue weighted by atomic mass is 9.98. The number of carbonyl (C=O) groups is 3. The maximum atomic E-state index is 14.2. The summed E-state index contributed by atoms with van der Waals surface area (Å²) in [5.74, 6) is -1.71. The molecule has 0 radical (unpaired) electrons. The maximum Gasteiger partial charge on any atom is 0.414 e. The Hall–Kier alpha value is -3.81. The Kier molecular flexibility index (Phi) is 21.1. The Balaban J connectivity index is 2.12. The number of hydrogen-bond acceptors (Lipinski definition) is 15. The first-order valence-corrected chi connectivity index (χ1v) is 21.1. The van der Waals surface area contributed by atoms with Gasteiger partial charge in [0.2, 0.25) is 0 Å². The normalized spacial score (nSPS) is 22.1. The second kappa shape index (κ2) is 24.9. The van der Waals surface area contributed by atoms with Gasteiger partial charge in [0.1, 0.15) is 47.6 Å². The van der Waals surface area contributed by atoms with Crippen LogP contribution in [0.2, 0.25) is 0 Å². The van der Waals surface area contributed by atoms with Crippen LogP contribution in [0.25, 0.3) is 6.08 Å². The summed E-state index contributed by atoms with van der Waals surface area (Å²) in [5, 5.41) is 0. The fraction of sp³-hybridized carbons (Fsp3) is 0.711. The van der Waals surface area contributed by atoms with Crippen LogP contribution in [-0.2, 0) is 52.1 Å². The van der Waals surface area contributed by atoms with Gasteiger partial charge in [0.05, 0.1) is 44.8 Å². The molecule has 0 unspecified atom stereocenters. The summed E-state index contributed by atoms with van der Waals surface area (Å²) in [4.78, 5) is 44.8. The minimum atomic E-state index is -0.907. The number of benzene rings is 1. The smallest absolute Gasteiger partial charge is 0.414 e. The van der Waals surface area contributed by atoms with Crippen molar-refractivity contribution in [1.29, 1.82) is 0 Å². The highest BCUT2D eigenvalue weighted by atomic mass is 16.8. The standard InChI is InChI=1S/C45H72N2O15/c1-31-17-18-35(56-29-52-12)39-36(59-45(9,10)60-39)16-14-15-33-27-34(28-37(57-30-53-13)38(33)40(48)58-32(31)2)47(42(50)62-44(6,7)8)20-19-46(41(49)61-43(3,4)5)21-22-54-25-26-55-24-23-51-11/h14-15,17-18,27-28,31-32,35-36,39H,16,19-26,29-30H2,1-13H3/b15-14?,18-17-/t31-,32+,35-,36+,39-/m1/s1. The van der Waals surface area contributed by atoms with Gasteiger partial charge in [-0.3, -0.25) is 4.90 Å². The molecule has 2 aliphatic heterocycles. The average Bonchev–Trinajstić information content (AvgIpc) is 3.48. The van der Waals surface area contributed by atoms with Crippen molar-refractivity contribution in [3.8, 4) is 5.75 Å². The molecule has 0 spiro atoms. The molecule has 1 aromatic carbocycles. The highest BCUT2D eigenvalue weighted by Gasteiger charge is 2.44. The van der Waals surface area contributed by atoms with Crippen LogP contribution in [0, 0.1) is 5.92 Å². The largest absolute Gasteiger partial charge is 0.467 e. The van der Waals surface area contributed by atoms with Crippen molar-refractivity contribution in [3.05, 3.63) is 41.5 Å². The van der Waals surface area contributed by atoms with Crippen LogP contribution < -0.4 is 9.64 Å². The average molecular weight is 881 g/mol. The van der Waals surface area contributed by atoms with E-state index in [4.69, 9.17) is 56.8 Å². The zero-order chi connectivity index (χ0) is 46.1. The molecule has 5 atom stereocenters. The number of amides is 2. The highest BCUT2D eigenvalue weighted by Crippen LogP contribution is 2.36. The SMILES string of the molecule is COCCOCCOCCN(CCN(C(=O)OC(C)(C)C)c1cc2c(c(OCOC)c1)C(=O)O[C@@H](C)[C@H](C)/C=C\[C@@H](OCOC)[C@H]1OC(C)(C)O[C@H]1CC=C2)C(=O)OC(C)(C)C. The first-order chi connectivity index (χ1) is 29.2. The molecular weight excluding hydrogens is 808 g/mol. The number of ether oxygens (including phenoxy) is 12. The zero-order valence-electron chi connectivity index (χ0n) is 39.1. The maximum absolute atomic E-state index is 14.2. The van der Waals surface area contributed by atoms with Crippen LogP contribution in [0.3, 0.4) is 0 Å². The van der Waals surface area contributed by atoms with E-state index in [0.29, 0.717) is 44.1 Å². The van der Waals surface area contributed by atoms with Crippen LogP contribution in [0.15, 0.2) is 30.4 Å². The van der Waals surface area contributed by atoms with E-state index in [-0.39, 0.29) is 57.1 Å². The molecule has 2 heterocycles. The van der Waals surface area contributed by atoms with Gasteiger partial charge >= 0.3 is 18.2 Å². The van der Waals surface area contributed by atoms with E-state index in [2.05, 4.69) is 0 Å². The number of methoxy groups -OCH3 is 3. The number of cyclic esters (lactones) is 1. The summed E-state index contributed by atoms with van der Waals surface area (Å²) in [6.07, 6.45) is 4.41. The van der Waals surface area contributed by atoms with Crippen molar-refractivity contribution < 1.29 is 71.2 Å². The lowest BCUT2D eigenvalue weighted by Crippen LogP contribution is -2.45. The van der Waals surface area contributed by atoms with Crippen molar-refractivity contribution in [2.24, 2.45) is 5.92 Å². The molecule has 17 heteroatoms. The molecule has 0 N–H and O–H groups in total. The zero-order valence-corrected chi connectivity index (χ0v) is 39.1. The number of nitrogens with zero attached hydrogens (tertiary/aromatic N) is 2. The molecule has 0 aliphatic carbocycles. The second-order valence-corrected chi connectivity index (χ2v) is 17.4. The van der Waals surface area contributed by atoms with E-state index in [1.165, 1.54) is 16.9 Å². The van der Waals surface area contributed by atoms with Gasteiger partial charge in [-0.05, 0) is 80.4 Å². The summed E-state index contributed by atoms with van der Waals surface area (Å²) in [6.45, 7) is 19.7. The number of anilines is 1. The van der Waals surface area contributed by atoms with Gasteiger partial charge in [-0.2, -0.15) is 0 Å². The number of esters is 1. The van der Waals surface area contributed by atoms with Gasteiger partial charge in [0.15, 0.2) is 12.6 Å². The number of fused-ring (bicyclic) bond motifs is 2. The molecule has 352 valence electrons. The Bertz CT molecular complexity index is 1620. The number of carbonyl (C=O) groups excluding carboxylic acids is 3. The lowest BCUT2D eigenvalue weighted by Gasteiger charge is -2.32. The van der Waals surface area contributed by atoms with Crippen molar-refractivity contribution >= 4 is 29.9 Å². The predicted octanol–water partition coefficient (Wildman–Crippen LogP) is 6.99. The lowest BCUT2D eigenvalue weighted by molar-refractivity contribution is -0.163. The molecule has 17 nitrogen and oxygen atoms in total. The van der Waals surface area contributed by atoms with Gasteiger partial charge in [-0.15, -0.1) is 0 Å². The minimum absolute atomic E-state index is 0.0243. The molecule has 3 rings (SSSR count). The highest BCUT2D eigenvalue weighted by molar-refractivity contribution is 5.99. The molecule has 2 amide bonds. The van der Waals surface area contributed by atoms with Gasteiger partial charge in [0.25, 0.3) is 0 Å². The summed E-state index contributed by atoms with van der Waals surface area (Å²) in [6, 6.07) is 3.24. The Labute approximate surface area is 368 Å². The van der Waals surface area contributed by atoms with Crippen LogP contribution in [0.4, 0.5) is 15.3 Å². The summed E-state index contributed by atoms with van der Waals surface area (Å²) in [5.41, 5.74) is -0.860. The summed E-state index contributed by atoms with van der Waals surface area (Å²) in [7, 11) is 4.60. The summed E-state index contributed by atoms with van der Waals surface area (Å²) < 4.78 is 69.4. The molecule has 2 aliphatic rings. The molecule has 62 heavy (non-hydrogen) atoms. The van der Waals surface area contributed by atoms with Crippen LogP contribution >= 0.6 is 0 Å². The molecule has 1 fully saturated rings. The molecule has 0 aromatic heterocycles. The summed E-state index contributed by atoms with van der Waals surface area (Å²) >= 11 is 0. The van der Waals surface area contributed by atoms with Crippen molar-refractivity contribution in [2.45, 2.75) is 117 Å². The third kappa shape index (κ3) is 17.8. The van der Waals surface area contributed by atoms with Crippen molar-refractivity contribution in [1.82, 2.24) is 4.90 Å². The third-order valence-electron chi connectivity index (χ3n) is 9.36. The number of hydrogen-bond donors (Lipinski definition) is 0. The van der Waals surface area contributed by atoms with Gasteiger partial charge in [0, 0.05) is 52.9 Å². The monoisotopic (exact) mass is 880 g/mol. The van der Waals surface area contributed by atoms with E-state index in [1.807, 2.05) is 39.0 Å². The van der Waals surface area contributed by atoms with E-state index >= 15 is 0 Å². The quantitative estimate of drug-likeness (QED) is 0.0458. The topological polar surface area (TPSA) is 168 Å². The van der Waals surface area contributed by atoms with Gasteiger partial charge in [-0.25, -0.2) is 14.4 Å². The fourth-order valence-electron chi connectivity index (χ4n) is 6.32. The van der Waals surface area contributed by atoms with Crippen molar-refractivity contribution in [2.75, 3.05) is 92.5 Å². The third-order valence-corrected chi connectivity index (χ3v) is 9.36. The van der Waals surface area contributed by atoms with E-state index in [0.717, 1.165) is 0 Å². The first kappa shape index (κ1) is 52.5. The van der Waals surface area contributed by atoms with E-state index < -0.39 is 59.6 Å². The van der Waals surface area contributed by atoms with Crippen LogP contribution in [-0.4, -0.2) is 152 Å². The minimum Gasteiger partial charge on any atom is -0.467 e. The fourth-order valence-corrected chi connectivity index (χ4v) is 6.32. The Morgan fingerprint density at radius 1 is 0.790 bits per heavy atom.